The monoisotopic (exact) mass is 287 g/mol. The van der Waals surface area contributed by atoms with Crippen molar-refractivity contribution in [1.82, 2.24) is 15.2 Å². The van der Waals surface area contributed by atoms with Gasteiger partial charge in [0.15, 0.2) is 0 Å². The quantitative estimate of drug-likeness (QED) is 0.858. The first-order valence-electron chi connectivity index (χ1n) is 4.80. The van der Waals surface area contributed by atoms with Gasteiger partial charge in [-0.3, -0.25) is 9.59 Å². The van der Waals surface area contributed by atoms with E-state index in [-0.39, 0.29) is 11.8 Å². The van der Waals surface area contributed by atoms with Gasteiger partial charge >= 0.3 is 0 Å². The molecule has 6 heteroatoms. The number of nitrogens with zero attached hydrogens (tertiary/aromatic N) is 1. The lowest BCUT2D eigenvalue weighted by atomic mass is 10.3. The van der Waals surface area contributed by atoms with E-state index in [1.165, 1.54) is 7.05 Å². The highest BCUT2D eigenvalue weighted by atomic mass is 79.9. The van der Waals surface area contributed by atoms with Crippen LogP contribution in [0.15, 0.2) is 16.7 Å². The number of amides is 2. The molecule has 5 nitrogen and oxygen atoms in total. The summed E-state index contributed by atoms with van der Waals surface area (Å²) < 4.78 is 2.52. The van der Waals surface area contributed by atoms with E-state index in [0.29, 0.717) is 5.69 Å². The topological polar surface area (TPSA) is 63.1 Å². The van der Waals surface area contributed by atoms with Crippen molar-refractivity contribution >= 4 is 27.7 Å². The van der Waals surface area contributed by atoms with Crippen molar-refractivity contribution < 1.29 is 9.59 Å². The molecular weight excluding hydrogens is 274 g/mol. The van der Waals surface area contributed by atoms with E-state index in [4.69, 9.17) is 0 Å². The number of nitrogens with one attached hydrogen (secondary N) is 2. The Morgan fingerprint density at radius 3 is 2.56 bits per heavy atom. The summed E-state index contributed by atoms with van der Waals surface area (Å²) in [5.74, 6) is -0.495. The van der Waals surface area contributed by atoms with E-state index in [1.54, 1.807) is 30.8 Å². The summed E-state index contributed by atoms with van der Waals surface area (Å²) in [6.45, 7) is 1.63. The van der Waals surface area contributed by atoms with Gasteiger partial charge in [-0.2, -0.15) is 0 Å². The fourth-order valence-corrected chi connectivity index (χ4v) is 1.83. The zero-order valence-electron chi connectivity index (χ0n) is 9.37. The first-order chi connectivity index (χ1) is 7.45. The highest BCUT2D eigenvalue weighted by molar-refractivity contribution is 9.10. The first kappa shape index (κ1) is 12.8. The lowest BCUT2D eigenvalue weighted by Gasteiger charge is -2.12. The zero-order chi connectivity index (χ0) is 12.3. The molecule has 0 aliphatic rings. The second-order valence-electron chi connectivity index (χ2n) is 3.46. The molecule has 0 aliphatic carbocycles. The number of aryl methyl sites for hydroxylation is 1. The fourth-order valence-electron chi connectivity index (χ4n) is 1.30. The molecule has 0 aliphatic heterocycles. The van der Waals surface area contributed by atoms with Crippen LogP contribution in [0.2, 0.25) is 0 Å². The van der Waals surface area contributed by atoms with E-state index in [9.17, 15) is 9.59 Å². The summed E-state index contributed by atoms with van der Waals surface area (Å²) in [7, 11) is 3.30. The highest BCUT2D eigenvalue weighted by Gasteiger charge is 2.17. The van der Waals surface area contributed by atoms with E-state index in [1.807, 2.05) is 0 Å². The third kappa shape index (κ3) is 2.85. The number of aromatic nitrogens is 1. The second-order valence-corrected chi connectivity index (χ2v) is 4.38. The fraction of sp³-hybridized carbons (Fsp3) is 0.400. The molecule has 2 amide bonds. The molecule has 1 heterocycles. The molecule has 0 aromatic carbocycles. The molecule has 0 saturated heterocycles. The van der Waals surface area contributed by atoms with Crippen LogP contribution in [0.3, 0.4) is 0 Å². The molecule has 1 atom stereocenters. The van der Waals surface area contributed by atoms with Crippen molar-refractivity contribution in [1.29, 1.82) is 0 Å². The maximum Gasteiger partial charge on any atom is 0.268 e. The third-order valence-electron chi connectivity index (χ3n) is 2.19. The van der Waals surface area contributed by atoms with Crippen LogP contribution in [0.1, 0.15) is 17.4 Å². The van der Waals surface area contributed by atoms with Gasteiger partial charge in [0.2, 0.25) is 5.91 Å². The van der Waals surface area contributed by atoms with Crippen LogP contribution in [-0.2, 0) is 11.8 Å². The molecule has 88 valence electrons. The van der Waals surface area contributed by atoms with Gasteiger partial charge in [-0.1, -0.05) is 0 Å². The molecule has 1 rings (SSSR count). The largest absolute Gasteiger partial charge is 0.357 e. The lowest BCUT2D eigenvalue weighted by Crippen LogP contribution is -2.44. The van der Waals surface area contributed by atoms with Crippen molar-refractivity contribution in [3.05, 3.63) is 22.4 Å². The molecule has 2 N–H and O–H groups in total. The molecule has 0 radical (unpaired) electrons. The Morgan fingerprint density at radius 2 is 2.12 bits per heavy atom. The smallest absolute Gasteiger partial charge is 0.268 e. The predicted octanol–water partition coefficient (Wildman–Crippen LogP) is 0.652. The van der Waals surface area contributed by atoms with Gasteiger partial charge < -0.3 is 15.2 Å². The Bertz CT molecular complexity index is 414. The van der Waals surface area contributed by atoms with Crippen LogP contribution in [-0.4, -0.2) is 29.5 Å². The van der Waals surface area contributed by atoms with Crippen molar-refractivity contribution in [2.75, 3.05) is 7.05 Å². The molecule has 16 heavy (non-hydrogen) atoms. The van der Waals surface area contributed by atoms with Crippen LogP contribution in [0.5, 0.6) is 0 Å². The molecule has 0 spiro atoms. The lowest BCUT2D eigenvalue weighted by molar-refractivity contribution is -0.122. The maximum atomic E-state index is 11.8. The third-order valence-corrected chi connectivity index (χ3v) is 2.63. The summed E-state index contributed by atoms with van der Waals surface area (Å²) in [5, 5.41) is 5.08. The summed E-state index contributed by atoms with van der Waals surface area (Å²) in [4.78, 5) is 23.0. The molecule has 0 bridgehead atoms. The Hall–Kier alpha value is -1.30. The molecular formula is C10H14BrN3O2. The standard InChI is InChI=1S/C10H14BrN3O2/c1-6(9(15)12-2)13-10(16)8-4-7(11)5-14(8)3/h4-6H,1-3H3,(H,12,15)(H,13,16). The number of halogens is 1. The number of likely N-dealkylation sites (N-methyl/N-ethyl adjacent to an activating group) is 1. The minimum atomic E-state index is -0.550. The maximum absolute atomic E-state index is 11.8. The van der Waals surface area contributed by atoms with E-state index in [2.05, 4.69) is 26.6 Å². The van der Waals surface area contributed by atoms with Crippen LogP contribution in [0, 0.1) is 0 Å². The predicted molar refractivity (Wildman–Crippen MR) is 64.1 cm³/mol. The number of hydrogen-bond acceptors (Lipinski definition) is 2. The van der Waals surface area contributed by atoms with Gasteiger partial charge in [0, 0.05) is 24.8 Å². The van der Waals surface area contributed by atoms with Crippen molar-refractivity contribution in [2.45, 2.75) is 13.0 Å². The Morgan fingerprint density at radius 1 is 1.50 bits per heavy atom. The SMILES string of the molecule is CNC(=O)C(C)NC(=O)c1cc(Br)cn1C. The summed E-state index contributed by atoms with van der Waals surface area (Å²) >= 11 is 3.28. The number of carbonyl (C=O) groups is 2. The summed E-state index contributed by atoms with van der Waals surface area (Å²) in [6.07, 6.45) is 1.78. The first-order valence-corrected chi connectivity index (χ1v) is 5.59. The van der Waals surface area contributed by atoms with Crippen molar-refractivity contribution in [3.8, 4) is 0 Å². The average molecular weight is 288 g/mol. The number of carbonyl (C=O) groups excluding carboxylic acids is 2. The second kappa shape index (κ2) is 5.16. The Balaban J connectivity index is 2.73. The molecule has 0 fully saturated rings. The van der Waals surface area contributed by atoms with Crippen LogP contribution >= 0.6 is 15.9 Å². The number of hydrogen-bond donors (Lipinski definition) is 2. The van der Waals surface area contributed by atoms with Gasteiger partial charge in [0.1, 0.15) is 11.7 Å². The van der Waals surface area contributed by atoms with Crippen molar-refractivity contribution in [2.24, 2.45) is 7.05 Å². The van der Waals surface area contributed by atoms with Gasteiger partial charge in [0.05, 0.1) is 0 Å². The van der Waals surface area contributed by atoms with Gasteiger partial charge in [-0.05, 0) is 28.9 Å². The Labute approximate surface area is 102 Å². The van der Waals surface area contributed by atoms with Gasteiger partial charge in [0.25, 0.3) is 5.91 Å². The van der Waals surface area contributed by atoms with Crippen molar-refractivity contribution in [3.63, 3.8) is 0 Å². The number of rotatable bonds is 3. The molecule has 1 unspecified atom stereocenters. The summed E-state index contributed by atoms with van der Waals surface area (Å²) in [5.41, 5.74) is 0.502. The zero-order valence-corrected chi connectivity index (χ0v) is 11.0. The summed E-state index contributed by atoms with van der Waals surface area (Å²) in [6, 6.07) is 1.15. The van der Waals surface area contributed by atoms with Gasteiger partial charge in [-0.15, -0.1) is 0 Å². The Kier molecular flexibility index (Phi) is 4.12. The normalized spacial score (nSPS) is 12.0. The van der Waals surface area contributed by atoms with Gasteiger partial charge in [-0.25, -0.2) is 0 Å². The molecule has 0 saturated carbocycles. The van der Waals surface area contributed by atoms with Crippen LogP contribution in [0.25, 0.3) is 0 Å². The van der Waals surface area contributed by atoms with E-state index in [0.717, 1.165) is 4.47 Å². The average Bonchev–Trinajstić information content (AvgIpc) is 2.56. The van der Waals surface area contributed by atoms with Crippen LogP contribution in [0.4, 0.5) is 0 Å². The van der Waals surface area contributed by atoms with E-state index < -0.39 is 6.04 Å². The van der Waals surface area contributed by atoms with Crippen LogP contribution < -0.4 is 10.6 Å². The minimum absolute atomic E-state index is 0.221. The van der Waals surface area contributed by atoms with E-state index >= 15 is 0 Å². The highest BCUT2D eigenvalue weighted by Crippen LogP contribution is 2.13. The molecule has 1 aromatic heterocycles. The molecule has 1 aromatic rings. The minimum Gasteiger partial charge on any atom is -0.357 e.